The van der Waals surface area contributed by atoms with Crippen LogP contribution in [0.3, 0.4) is 0 Å². The summed E-state index contributed by atoms with van der Waals surface area (Å²) in [6, 6.07) is 0. The molecule has 0 aliphatic heterocycles. The zero-order valence-corrected chi connectivity index (χ0v) is 29.9. The molecule has 214 valence electrons. The summed E-state index contributed by atoms with van der Waals surface area (Å²) in [5, 5.41) is 2.56. The van der Waals surface area contributed by atoms with E-state index >= 15 is 0 Å². The summed E-state index contributed by atoms with van der Waals surface area (Å²) in [7, 11) is -9.00. The number of carbonyl (C=O) groups is 1. The molecule has 0 aromatic rings. The van der Waals surface area contributed by atoms with Crippen LogP contribution >= 0.6 is 0 Å². The van der Waals surface area contributed by atoms with E-state index in [1.54, 1.807) is 0 Å². The molecule has 4 fully saturated rings. The van der Waals surface area contributed by atoms with E-state index in [0.717, 1.165) is 25.7 Å². The quantitative estimate of drug-likeness (QED) is 0.173. The molecule has 0 saturated heterocycles. The molecule has 0 bridgehead atoms. The van der Waals surface area contributed by atoms with Crippen molar-refractivity contribution in [3.63, 3.8) is 0 Å². The molecule has 1 amide bonds. The average molecular weight is 608 g/mol. The monoisotopic (exact) mass is 607 g/mol. The van der Waals surface area contributed by atoms with E-state index in [9.17, 15) is 30.7 Å². The fourth-order valence-electron chi connectivity index (χ4n) is 9.41. The molecule has 0 aromatic heterocycles. The summed E-state index contributed by atoms with van der Waals surface area (Å²) < 4.78 is 70.5. The van der Waals surface area contributed by atoms with E-state index in [-0.39, 0.29) is 82.4 Å². The largest absolute Gasteiger partial charge is 1.00 e. The first-order valence-electron chi connectivity index (χ1n) is 14.0. The van der Waals surface area contributed by atoms with E-state index in [1.165, 1.54) is 25.7 Å². The summed E-state index contributed by atoms with van der Waals surface area (Å²) in [5.41, 5.74) is 0.407. The van der Waals surface area contributed by atoms with Crippen LogP contribution < -0.4 is 64.4 Å². The number of hydrogen-bond donors (Lipinski definition) is 1. The van der Waals surface area contributed by atoms with Gasteiger partial charge in [0.05, 0.1) is 22.0 Å². The number of amides is 1. The van der Waals surface area contributed by atoms with Gasteiger partial charge in [-0.15, -0.1) is 0 Å². The zero-order chi connectivity index (χ0) is 27.2. The van der Waals surface area contributed by atoms with Crippen LogP contribution in [0, 0.1) is 46.3 Å². The number of fused-ring (bicyclic) bond motifs is 5. The molecule has 0 unspecified atom stereocenters. The normalized spacial score (nSPS) is 38.7. The number of hydrogen-bond acceptors (Lipinski definition) is 8. The standard InChI is InChI=1S/C26H45NO8S2.2Na/c1-17(4-9-24(28)27-14-15-36(29,30)31)21-7-8-22-20-6-5-18-16-19(35-37(32,33)34)10-12-25(18,2)23(20)11-13-26(21,22)3;;/h17-23H,4-16H2,1-3H3,(H,27,28)(H,29,30,31)(H,32,33,34);;/q;2*+1/p-2/t17-,18-,19-,20+,21-,22+,23+,25+,26-;;/m1../s1. The predicted molar refractivity (Wildman–Crippen MR) is 136 cm³/mol. The first kappa shape index (κ1) is 36.4. The summed E-state index contributed by atoms with van der Waals surface area (Å²) in [6.45, 7) is 6.96. The van der Waals surface area contributed by atoms with Crippen LogP contribution in [0.25, 0.3) is 0 Å². The summed E-state index contributed by atoms with van der Waals surface area (Å²) in [4.78, 5) is 12.2. The molecular weight excluding hydrogens is 564 g/mol. The maximum Gasteiger partial charge on any atom is 1.00 e. The topological polar surface area (TPSA) is 153 Å². The van der Waals surface area contributed by atoms with Gasteiger partial charge in [-0.1, -0.05) is 20.8 Å². The van der Waals surface area contributed by atoms with E-state index in [4.69, 9.17) is 4.18 Å². The Balaban J connectivity index is 0.00000267. The minimum absolute atomic E-state index is 0. The third-order valence-corrected chi connectivity index (χ3v) is 12.3. The molecule has 9 atom stereocenters. The van der Waals surface area contributed by atoms with Crippen molar-refractivity contribution in [1.82, 2.24) is 5.32 Å². The van der Waals surface area contributed by atoms with Gasteiger partial charge in [-0.05, 0) is 111 Å². The maximum absolute atomic E-state index is 12.2. The summed E-state index contributed by atoms with van der Waals surface area (Å²) in [5.74, 6) is 2.48. The molecule has 13 heteroatoms. The molecule has 0 aromatic carbocycles. The van der Waals surface area contributed by atoms with Gasteiger partial charge in [0, 0.05) is 13.0 Å². The molecule has 0 spiro atoms. The smallest absolute Gasteiger partial charge is 0.748 e. The Morgan fingerprint density at radius 3 is 2.23 bits per heavy atom. The molecular formula is C26H43NNa2O8S2. The van der Waals surface area contributed by atoms with Gasteiger partial charge < -0.3 is 14.4 Å². The van der Waals surface area contributed by atoms with E-state index in [0.29, 0.717) is 54.8 Å². The van der Waals surface area contributed by atoms with Crippen LogP contribution in [-0.2, 0) is 29.5 Å². The Bertz CT molecular complexity index is 1070. The van der Waals surface area contributed by atoms with Gasteiger partial charge in [0.1, 0.15) is 0 Å². The van der Waals surface area contributed by atoms with Crippen LogP contribution in [0.5, 0.6) is 0 Å². The Morgan fingerprint density at radius 1 is 0.949 bits per heavy atom. The van der Waals surface area contributed by atoms with Gasteiger partial charge >= 0.3 is 59.1 Å². The molecule has 4 saturated carbocycles. The first-order chi connectivity index (χ1) is 17.1. The molecule has 0 heterocycles. The van der Waals surface area contributed by atoms with Gasteiger partial charge in [-0.3, -0.25) is 8.98 Å². The third-order valence-electron chi connectivity index (χ3n) is 11.1. The van der Waals surface area contributed by atoms with Gasteiger partial charge in [0.25, 0.3) is 0 Å². The van der Waals surface area contributed by atoms with Crippen LogP contribution in [0.1, 0.15) is 91.4 Å². The fourth-order valence-corrected chi connectivity index (χ4v) is 10.3. The maximum atomic E-state index is 12.2. The zero-order valence-electron chi connectivity index (χ0n) is 24.3. The van der Waals surface area contributed by atoms with Crippen LogP contribution in [0.4, 0.5) is 0 Å². The Kier molecular flexibility index (Phi) is 13.0. The number of rotatable bonds is 9. The second-order valence-corrected chi connectivity index (χ2v) is 15.4. The minimum Gasteiger partial charge on any atom is -0.748 e. The predicted octanol–water partition coefficient (Wildman–Crippen LogP) is -2.42. The fraction of sp³-hybridized carbons (Fsp3) is 0.962. The molecule has 4 rings (SSSR count). The van der Waals surface area contributed by atoms with Crippen LogP contribution in [0.2, 0.25) is 0 Å². The Morgan fingerprint density at radius 2 is 1.59 bits per heavy atom. The van der Waals surface area contributed by atoms with E-state index in [2.05, 4.69) is 26.1 Å². The second kappa shape index (κ2) is 13.9. The SMILES string of the molecule is C[C@H](CCC(=O)NCCS(=O)(=O)[O-])[C@H]1CC[C@H]2[C@@H]3CC[C@@H]4C[C@H](OS(=O)(=O)[O-])CC[C@]4(C)[C@H]3CC[C@]12C.[Na+].[Na+]. The van der Waals surface area contributed by atoms with E-state index in [1.807, 2.05) is 0 Å². The summed E-state index contributed by atoms with van der Waals surface area (Å²) >= 11 is 0. The van der Waals surface area contributed by atoms with Gasteiger partial charge in [-0.2, -0.15) is 0 Å². The van der Waals surface area contributed by atoms with Crippen LogP contribution in [-0.4, -0.2) is 50.2 Å². The molecule has 4 aliphatic carbocycles. The van der Waals surface area contributed by atoms with Crippen molar-refractivity contribution >= 4 is 26.4 Å². The van der Waals surface area contributed by atoms with Crippen molar-refractivity contribution in [2.45, 2.75) is 97.5 Å². The van der Waals surface area contributed by atoms with Crippen LogP contribution in [0.15, 0.2) is 0 Å². The number of carbonyl (C=O) groups excluding carboxylic acids is 1. The van der Waals surface area contributed by atoms with Crippen molar-refractivity contribution in [3.8, 4) is 0 Å². The van der Waals surface area contributed by atoms with Crippen molar-refractivity contribution in [2.75, 3.05) is 12.3 Å². The van der Waals surface area contributed by atoms with E-state index < -0.39 is 32.4 Å². The van der Waals surface area contributed by atoms with Crippen molar-refractivity contribution in [3.05, 3.63) is 0 Å². The molecule has 39 heavy (non-hydrogen) atoms. The molecule has 0 radical (unpaired) electrons. The molecule has 4 aliphatic rings. The summed E-state index contributed by atoms with van der Waals surface area (Å²) in [6.07, 6.45) is 9.72. The van der Waals surface area contributed by atoms with Crippen molar-refractivity contribution < 1.29 is 94.0 Å². The minimum atomic E-state index is -4.67. The average Bonchev–Trinajstić information content (AvgIpc) is 3.13. The van der Waals surface area contributed by atoms with Gasteiger partial charge in [0.15, 0.2) is 0 Å². The first-order valence-corrected chi connectivity index (χ1v) is 16.9. The van der Waals surface area contributed by atoms with Gasteiger partial charge in [-0.25, -0.2) is 16.8 Å². The van der Waals surface area contributed by atoms with Crippen molar-refractivity contribution in [2.24, 2.45) is 46.3 Å². The third kappa shape index (κ3) is 8.46. The Hall–Kier alpha value is 1.25. The Labute approximate surface area is 279 Å². The molecule has 1 N–H and O–H groups in total. The molecule has 9 nitrogen and oxygen atoms in total. The second-order valence-electron chi connectivity index (χ2n) is 12.9. The van der Waals surface area contributed by atoms with Crippen molar-refractivity contribution in [1.29, 1.82) is 0 Å². The number of nitrogens with one attached hydrogen (secondary N) is 1. The van der Waals surface area contributed by atoms with Gasteiger partial charge in [0.2, 0.25) is 16.3 Å².